The van der Waals surface area contributed by atoms with E-state index in [1.54, 1.807) is 18.2 Å². The van der Waals surface area contributed by atoms with Crippen molar-refractivity contribution in [2.24, 2.45) is 11.7 Å². The van der Waals surface area contributed by atoms with Crippen molar-refractivity contribution >= 4 is 11.6 Å². The number of rotatable bonds is 5. The van der Waals surface area contributed by atoms with Crippen LogP contribution in [0, 0.1) is 11.7 Å². The van der Waals surface area contributed by atoms with Crippen LogP contribution in [-0.2, 0) is 4.79 Å². The number of nitrogens with zero attached hydrogens (tertiary/aromatic N) is 1. The Hall–Kier alpha value is -1.42. The first-order valence-electron chi connectivity index (χ1n) is 6.34. The van der Waals surface area contributed by atoms with Crippen LogP contribution in [0.3, 0.4) is 0 Å². The van der Waals surface area contributed by atoms with Crippen LogP contribution in [0.1, 0.15) is 27.2 Å². The van der Waals surface area contributed by atoms with Crippen molar-refractivity contribution in [1.82, 2.24) is 0 Å². The first-order valence-corrected chi connectivity index (χ1v) is 6.34. The molecule has 18 heavy (non-hydrogen) atoms. The molecule has 4 heteroatoms. The number of likely N-dealkylation sites (N-methyl/N-ethyl adjacent to an activating group) is 1. The first-order chi connectivity index (χ1) is 8.52. The highest BCUT2D eigenvalue weighted by atomic mass is 19.1. The van der Waals surface area contributed by atoms with Crippen molar-refractivity contribution < 1.29 is 9.18 Å². The maximum absolute atomic E-state index is 13.7. The summed E-state index contributed by atoms with van der Waals surface area (Å²) in [5.41, 5.74) is 6.22. The molecular weight excluding hydrogens is 231 g/mol. The lowest BCUT2D eigenvalue weighted by molar-refractivity contribution is -0.120. The number of carbonyl (C=O) groups is 1. The van der Waals surface area contributed by atoms with Gasteiger partial charge in [-0.3, -0.25) is 4.79 Å². The Balaban J connectivity index is 2.97. The van der Waals surface area contributed by atoms with Gasteiger partial charge in [0.05, 0.1) is 11.7 Å². The Labute approximate surface area is 108 Å². The molecule has 0 heterocycles. The highest BCUT2D eigenvalue weighted by Gasteiger charge is 2.26. The zero-order chi connectivity index (χ0) is 13.7. The Morgan fingerprint density at radius 3 is 2.50 bits per heavy atom. The number of para-hydroxylation sites is 1. The third-order valence-electron chi connectivity index (χ3n) is 3.27. The van der Waals surface area contributed by atoms with E-state index in [1.807, 2.05) is 20.8 Å². The molecule has 0 aliphatic rings. The zero-order valence-corrected chi connectivity index (χ0v) is 11.2. The molecule has 0 aliphatic carbocycles. The van der Waals surface area contributed by atoms with E-state index in [9.17, 15) is 9.18 Å². The van der Waals surface area contributed by atoms with E-state index in [1.165, 1.54) is 11.0 Å². The lowest BCUT2D eigenvalue weighted by atomic mass is 9.98. The average Bonchev–Trinajstić information content (AvgIpc) is 2.39. The molecule has 2 atom stereocenters. The number of benzene rings is 1. The minimum absolute atomic E-state index is 0.0818. The van der Waals surface area contributed by atoms with E-state index < -0.39 is 11.9 Å². The van der Waals surface area contributed by atoms with Crippen molar-refractivity contribution in [3.05, 3.63) is 30.1 Å². The molecule has 0 aliphatic heterocycles. The summed E-state index contributed by atoms with van der Waals surface area (Å²) in [6, 6.07) is 5.67. The summed E-state index contributed by atoms with van der Waals surface area (Å²) in [4.78, 5) is 13.7. The number of hydrogen-bond donors (Lipinski definition) is 1. The largest absolute Gasteiger partial charge is 0.320 e. The number of halogens is 1. The van der Waals surface area contributed by atoms with Gasteiger partial charge in [-0.25, -0.2) is 4.39 Å². The van der Waals surface area contributed by atoms with Gasteiger partial charge in [0.25, 0.3) is 0 Å². The predicted octanol–water partition coefficient (Wildman–Crippen LogP) is 2.55. The van der Waals surface area contributed by atoms with Gasteiger partial charge < -0.3 is 10.6 Å². The van der Waals surface area contributed by atoms with Crippen LogP contribution in [0.15, 0.2) is 24.3 Å². The maximum Gasteiger partial charge on any atom is 0.244 e. The highest BCUT2D eigenvalue weighted by molar-refractivity contribution is 5.97. The second kappa shape index (κ2) is 6.50. The van der Waals surface area contributed by atoms with Crippen LogP contribution < -0.4 is 10.6 Å². The molecule has 1 rings (SSSR count). The third kappa shape index (κ3) is 3.07. The first kappa shape index (κ1) is 14.6. The molecule has 0 radical (unpaired) electrons. The minimum atomic E-state index is -0.588. The van der Waals surface area contributed by atoms with Crippen molar-refractivity contribution in [1.29, 1.82) is 0 Å². The van der Waals surface area contributed by atoms with Crippen molar-refractivity contribution in [3.63, 3.8) is 0 Å². The van der Waals surface area contributed by atoms with E-state index in [4.69, 9.17) is 5.73 Å². The fourth-order valence-corrected chi connectivity index (χ4v) is 1.79. The van der Waals surface area contributed by atoms with Crippen LogP contribution in [0.5, 0.6) is 0 Å². The number of anilines is 1. The average molecular weight is 252 g/mol. The molecule has 2 N–H and O–H groups in total. The summed E-state index contributed by atoms with van der Waals surface area (Å²) in [5.74, 6) is -0.542. The summed E-state index contributed by atoms with van der Waals surface area (Å²) in [6.45, 7) is 6.13. The molecule has 1 unspecified atom stereocenters. The van der Waals surface area contributed by atoms with Gasteiger partial charge in [0.15, 0.2) is 0 Å². The molecule has 0 spiro atoms. The van der Waals surface area contributed by atoms with E-state index >= 15 is 0 Å². The van der Waals surface area contributed by atoms with Gasteiger partial charge in [-0.15, -0.1) is 0 Å². The van der Waals surface area contributed by atoms with Gasteiger partial charge >= 0.3 is 0 Å². The zero-order valence-electron chi connectivity index (χ0n) is 11.2. The molecule has 0 aromatic heterocycles. The Morgan fingerprint density at radius 1 is 1.39 bits per heavy atom. The monoisotopic (exact) mass is 252 g/mol. The predicted molar refractivity (Wildman–Crippen MR) is 71.9 cm³/mol. The number of carbonyl (C=O) groups excluding carboxylic acids is 1. The van der Waals surface area contributed by atoms with Gasteiger partial charge in [0, 0.05) is 6.54 Å². The maximum atomic E-state index is 13.7. The fourth-order valence-electron chi connectivity index (χ4n) is 1.79. The van der Waals surface area contributed by atoms with Crippen LogP contribution >= 0.6 is 0 Å². The fraction of sp³-hybridized carbons (Fsp3) is 0.500. The molecule has 100 valence electrons. The molecule has 0 fully saturated rings. The second-order valence-electron chi connectivity index (χ2n) is 4.45. The highest BCUT2D eigenvalue weighted by Crippen LogP contribution is 2.20. The third-order valence-corrected chi connectivity index (χ3v) is 3.27. The van der Waals surface area contributed by atoms with Crippen molar-refractivity contribution in [3.8, 4) is 0 Å². The molecule has 1 aromatic rings. The van der Waals surface area contributed by atoms with E-state index in [2.05, 4.69) is 0 Å². The molecular formula is C14H21FN2O. The molecule has 0 saturated heterocycles. The van der Waals surface area contributed by atoms with Crippen LogP contribution in [0.25, 0.3) is 0 Å². The standard InChI is InChI=1S/C14H21FN2O/c1-4-10(3)13(16)14(18)17(5-2)12-9-7-6-8-11(12)15/h6-10,13H,4-5,16H2,1-3H3/t10?,13-/m0/s1. The molecule has 3 nitrogen and oxygen atoms in total. The Morgan fingerprint density at radius 2 is 2.00 bits per heavy atom. The summed E-state index contributed by atoms with van der Waals surface area (Å²) in [6.07, 6.45) is 0.821. The van der Waals surface area contributed by atoms with Crippen LogP contribution in [0.4, 0.5) is 10.1 Å². The minimum Gasteiger partial charge on any atom is -0.320 e. The smallest absolute Gasteiger partial charge is 0.244 e. The molecule has 0 saturated carbocycles. The molecule has 1 amide bonds. The van der Waals surface area contributed by atoms with Gasteiger partial charge in [0.1, 0.15) is 5.82 Å². The number of hydrogen-bond acceptors (Lipinski definition) is 2. The summed E-state index contributed by atoms with van der Waals surface area (Å²) < 4.78 is 13.7. The second-order valence-corrected chi connectivity index (χ2v) is 4.45. The van der Waals surface area contributed by atoms with E-state index in [0.717, 1.165) is 6.42 Å². The SMILES string of the molecule is CCC(C)[C@H](N)C(=O)N(CC)c1ccccc1F. The van der Waals surface area contributed by atoms with Crippen molar-refractivity contribution in [2.45, 2.75) is 33.2 Å². The van der Waals surface area contributed by atoms with Gasteiger partial charge in [-0.1, -0.05) is 32.4 Å². The van der Waals surface area contributed by atoms with Gasteiger partial charge in [-0.05, 0) is 25.0 Å². The summed E-state index contributed by atoms with van der Waals surface area (Å²) >= 11 is 0. The van der Waals surface area contributed by atoms with Crippen molar-refractivity contribution in [2.75, 3.05) is 11.4 Å². The molecule has 1 aromatic carbocycles. The van der Waals surface area contributed by atoms with Crippen LogP contribution in [0.2, 0.25) is 0 Å². The van der Waals surface area contributed by atoms with E-state index in [-0.39, 0.29) is 11.8 Å². The number of amides is 1. The lowest BCUT2D eigenvalue weighted by Gasteiger charge is -2.27. The quantitative estimate of drug-likeness (QED) is 0.875. The molecule has 0 bridgehead atoms. The Bertz CT molecular complexity index is 409. The van der Waals surface area contributed by atoms with Gasteiger partial charge in [0.2, 0.25) is 5.91 Å². The summed E-state index contributed by atoms with van der Waals surface area (Å²) in [7, 11) is 0. The van der Waals surface area contributed by atoms with Gasteiger partial charge in [-0.2, -0.15) is 0 Å². The summed E-state index contributed by atoms with van der Waals surface area (Å²) in [5, 5.41) is 0. The van der Waals surface area contributed by atoms with Crippen LogP contribution in [-0.4, -0.2) is 18.5 Å². The number of nitrogens with two attached hydrogens (primary N) is 1. The Kier molecular flexibility index (Phi) is 5.28. The van der Waals surface area contributed by atoms with E-state index in [0.29, 0.717) is 12.2 Å². The topological polar surface area (TPSA) is 46.3 Å². The normalized spacial score (nSPS) is 14.1. The lowest BCUT2D eigenvalue weighted by Crippen LogP contribution is -2.47.